The highest BCUT2D eigenvalue weighted by Crippen LogP contribution is 2.22. The summed E-state index contributed by atoms with van der Waals surface area (Å²) in [4.78, 5) is 2.17. The monoisotopic (exact) mass is 242 g/mol. The van der Waals surface area contributed by atoms with E-state index in [0.29, 0.717) is 0 Å². The van der Waals surface area contributed by atoms with Crippen LogP contribution in [-0.2, 0) is 0 Å². The topological polar surface area (TPSA) is 41.0 Å². The van der Waals surface area contributed by atoms with Crippen LogP contribution in [0.4, 0.5) is 5.82 Å². The van der Waals surface area contributed by atoms with Gasteiger partial charge in [-0.05, 0) is 12.8 Å². The van der Waals surface area contributed by atoms with Crippen molar-refractivity contribution in [2.24, 2.45) is 0 Å². The molecule has 1 aromatic carbocycles. The van der Waals surface area contributed by atoms with Gasteiger partial charge in [-0.25, -0.2) is 0 Å². The maximum atomic E-state index is 4.27. The van der Waals surface area contributed by atoms with Crippen LogP contribution in [0.1, 0.15) is 12.8 Å². The van der Waals surface area contributed by atoms with Gasteiger partial charge in [0.25, 0.3) is 0 Å². The molecule has 1 saturated carbocycles. The molecule has 4 heteroatoms. The highest BCUT2D eigenvalue weighted by atomic mass is 15.2. The number of nitrogens with one attached hydrogen (secondary N) is 1. The molecule has 4 nitrogen and oxygen atoms in total. The SMILES string of the molecule is CN(CCNC1CC1)c1nncc2ccccc12. The summed E-state index contributed by atoms with van der Waals surface area (Å²) in [6.07, 6.45) is 4.48. The number of fused-ring (bicyclic) bond motifs is 1. The number of nitrogens with zero attached hydrogens (tertiary/aromatic N) is 3. The summed E-state index contributed by atoms with van der Waals surface area (Å²) in [5.41, 5.74) is 0. The first-order chi connectivity index (χ1) is 8.84. The summed E-state index contributed by atoms with van der Waals surface area (Å²) < 4.78 is 0. The molecule has 1 N–H and O–H groups in total. The number of hydrogen-bond donors (Lipinski definition) is 1. The lowest BCUT2D eigenvalue weighted by Crippen LogP contribution is -2.30. The lowest BCUT2D eigenvalue weighted by molar-refractivity contribution is 0.672. The molecule has 0 aliphatic heterocycles. The van der Waals surface area contributed by atoms with Crippen LogP contribution >= 0.6 is 0 Å². The molecule has 1 aliphatic carbocycles. The van der Waals surface area contributed by atoms with Crippen molar-refractivity contribution in [3.63, 3.8) is 0 Å². The van der Waals surface area contributed by atoms with Gasteiger partial charge in [0.2, 0.25) is 0 Å². The molecule has 18 heavy (non-hydrogen) atoms. The number of rotatable bonds is 5. The molecule has 0 bridgehead atoms. The van der Waals surface area contributed by atoms with Crippen molar-refractivity contribution < 1.29 is 0 Å². The normalized spacial score (nSPS) is 14.9. The van der Waals surface area contributed by atoms with Gasteiger partial charge in [-0.3, -0.25) is 0 Å². The zero-order chi connectivity index (χ0) is 12.4. The van der Waals surface area contributed by atoms with E-state index in [-0.39, 0.29) is 0 Å². The molecule has 94 valence electrons. The van der Waals surface area contributed by atoms with Crippen molar-refractivity contribution in [1.82, 2.24) is 15.5 Å². The molecule has 0 atom stereocenters. The zero-order valence-corrected chi connectivity index (χ0v) is 10.6. The zero-order valence-electron chi connectivity index (χ0n) is 10.6. The highest BCUT2D eigenvalue weighted by Gasteiger charge is 2.20. The van der Waals surface area contributed by atoms with Crippen molar-refractivity contribution in [3.8, 4) is 0 Å². The third kappa shape index (κ3) is 2.43. The van der Waals surface area contributed by atoms with Crippen LogP contribution in [0.25, 0.3) is 10.8 Å². The summed E-state index contributed by atoms with van der Waals surface area (Å²) in [6, 6.07) is 9.01. The highest BCUT2D eigenvalue weighted by molar-refractivity contribution is 5.91. The van der Waals surface area contributed by atoms with E-state index in [1.165, 1.54) is 18.2 Å². The number of aromatic nitrogens is 2. The van der Waals surface area contributed by atoms with E-state index >= 15 is 0 Å². The van der Waals surface area contributed by atoms with Gasteiger partial charge in [-0.1, -0.05) is 24.3 Å². The summed E-state index contributed by atoms with van der Waals surface area (Å²) in [6.45, 7) is 1.96. The number of benzene rings is 1. The molecular formula is C14H18N4. The standard InChI is InChI=1S/C14H18N4/c1-18(9-8-15-12-6-7-12)14-13-5-3-2-4-11(13)10-16-17-14/h2-5,10,12,15H,6-9H2,1H3. The number of hydrogen-bond acceptors (Lipinski definition) is 4. The molecule has 2 aromatic rings. The van der Waals surface area contributed by atoms with Crippen molar-refractivity contribution >= 4 is 16.6 Å². The number of likely N-dealkylation sites (N-methyl/N-ethyl adjacent to an activating group) is 1. The minimum absolute atomic E-state index is 0.761. The van der Waals surface area contributed by atoms with Crippen LogP contribution in [0.2, 0.25) is 0 Å². The Morgan fingerprint density at radius 2 is 2.17 bits per heavy atom. The number of anilines is 1. The predicted octanol–water partition coefficient (Wildman–Crippen LogP) is 1.82. The molecule has 1 fully saturated rings. The molecule has 0 radical (unpaired) electrons. The summed E-state index contributed by atoms with van der Waals surface area (Å²) in [5.74, 6) is 0.964. The van der Waals surface area contributed by atoms with E-state index in [9.17, 15) is 0 Å². The van der Waals surface area contributed by atoms with Crippen LogP contribution in [0.5, 0.6) is 0 Å². The Morgan fingerprint density at radius 1 is 1.33 bits per heavy atom. The quantitative estimate of drug-likeness (QED) is 0.868. The van der Waals surface area contributed by atoms with E-state index in [0.717, 1.165) is 30.3 Å². The van der Waals surface area contributed by atoms with E-state index in [4.69, 9.17) is 0 Å². The second-order valence-corrected chi connectivity index (χ2v) is 4.91. The minimum atomic E-state index is 0.761. The Hall–Kier alpha value is -1.68. The van der Waals surface area contributed by atoms with Gasteiger partial charge in [0.1, 0.15) is 0 Å². The van der Waals surface area contributed by atoms with Gasteiger partial charge in [0, 0.05) is 37.0 Å². The lowest BCUT2D eigenvalue weighted by atomic mass is 10.2. The molecule has 0 saturated heterocycles. The smallest absolute Gasteiger partial charge is 0.158 e. The maximum absolute atomic E-state index is 4.27. The Kier molecular flexibility index (Phi) is 3.11. The maximum Gasteiger partial charge on any atom is 0.158 e. The van der Waals surface area contributed by atoms with Gasteiger partial charge >= 0.3 is 0 Å². The summed E-state index contributed by atoms with van der Waals surface area (Å²) in [5, 5.41) is 14.2. The van der Waals surface area contributed by atoms with Gasteiger partial charge in [0.05, 0.1) is 6.20 Å². The van der Waals surface area contributed by atoms with Crippen LogP contribution in [0.3, 0.4) is 0 Å². The third-order valence-corrected chi connectivity index (χ3v) is 3.37. The fraction of sp³-hybridized carbons (Fsp3) is 0.429. The first-order valence-corrected chi connectivity index (χ1v) is 6.49. The fourth-order valence-electron chi connectivity index (χ4n) is 2.12. The lowest BCUT2D eigenvalue weighted by Gasteiger charge is -2.19. The molecule has 0 amide bonds. The average Bonchev–Trinajstić information content (AvgIpc) is 3.22. The van der Waals surface area contributed by atoms with Gasteiger partial charge in [-0.2, -0.15) is 5.10 Å². The molecule has 0 spiro atoms. The molecular weight excluding hydrogens is 224 g/mol. The van der Waals surface area contributed by atoms with Gasteiger partial charge in [-0.15, -0.1) is 5.10 Å². The molecule has 1 aromatic heterocycles. The van der Waals surface area contributed by atoms with Gasteiger partial charge in [0.15, 0.2) is 5.82 Å². The molecule has 1 heterocycles. The van der Waals surface area contributed by atoms with Crippen molar-refractivity contribution in [3.05, 3.63) is 30.5 Å². The third-order valence-electron chi connectivity index (χ3n) is 3.37. The van der Waals surface area contributed by atoms with Crippen molar-refractivity contribution in [2.75, 3.05) is 25.0 Å². The van der Waals surface area contributed by atoms with E-state index in [2.05, 4.69) is 39.6 Å². The van der Waals surface area contributed by atoms with Crippen molar-refractivity contribution in [2.45, 2.75) is 18.9 Å². The molecule has 3 rings (SSSR count). The summed E-state index contributed by atoms with van der Waals surface area (Å²) in [7, 11) is 2.07. The van der Waals surface area contributed by atoms with Crippen LogP contribution < -0.4 is 10.2 Å². The van der Waals surface area contributed by atoms with E-state index in [1.54, 1.807) is 0 Å². The Morgan fingerprint density at radius 3 is 3.00 bits per heavy atom. The summed E-state index contributed by atoms with van der Waals surface area (Å²) >= 11 is 0. The van der Waals surface area contributed by atoms with E-state index in [1.807, 2.05) is 18.3 Å². The fourth-order valence-corrected chi connectivity index (χ4v) is 2.12. The van der Waals surface area contributed by atoms with Crippen LogP contribution in [0.15, 0.2) is 30.5 Å². The Bertz CT molecular complexity index is 531. The van der Waals surface area contributed by atoms with Crippen LogP contribution in [-0.4, -0.2) is 36.4 Å². The van der Waals surface area contributed by atoms with Gasteiger partial charge < -0.3 is 10.2 Å². The van der Waals surface area contributed by atoms with Crippen LogP contribution in [0, 0.1) is 0 Å². The Labute approximate surface area is 107 Å². The molecule has 0 unspecified atom stereocenters. The predicted molar refractivity (Wildman–Crippen MR) is 73.8 cm³/mol. The minimum Gasteiger partial charge on any atom is -0.356 e. The van der Waals surface area contributed by atoms with Crippen molar-refractivity contribution in [1.29, 1.82) is 0 Å². The first-order valence-electron chi connectivity index (χ1n) is 6.49. The second-order valence-electron chi connectivity index (χ2n) is 4.91. The largest absolute Gasteiger partial charge is 0.356 e. The molecule has 1 aliphatic rings. The first kappa shape index (κ1) is 11.4. The second kappa shape index (κ2) is 4.90. The average molecular weight is 242 g/mol. The Balaban J connectivity index is 1.75. The van der Waals surface area contributed by atoms with E-state index < -0.39 is 0 Å².